The summed E-state index contributed by atoms with van der Waals surface area (Å²) in [6.45, 7) is 8.80. The van der Waals surface area contributed by atoms with Gasteiger partial charge in [0.2, 0.25) is 5.91 Å². The Morgan fingerprint density at radius 1 is 1.31 bits per heavy atom. The number of hydrogen-bond acceptors (Lipinski definition) is 2. The fourth-order valence-corrected chi connectivity index (χ4v) is 2.11. The van der Waals surface area contributed by atoms with Gasteiger partial charge in [0, 0.05) is 6.54 Å². The van der Waals surface area contributed by atoms with Gasteiger partial charge in [0.05, 0.1) is 11.4 Å². The highest BCUT2D eigenvalue weighted by Gasteiger charge is 2.28. The zero-order valence-electron chi connectivity index (χ0n) is 10.3. The summed E-state index contributed by atoms with van der Waals surface area (Å²) in [6, 6.07) is 4.08. The molecule has 0 spiro atoms. The maximum atomic E-state index is 12.0. The van der Waals surface area contributed by atoms with E-state index in [0.717, 1.165) is 17.9 Å². The number of nitrogens with one attached hydrogen (secondary N) is 1. The smallest absolute Gasteiger partial charge is 0.249 e. The van der Waals surface area contributed by atoms with Crippen LogP contribution in [0.3, 0.4) is 0 Å². The Morgan fingerprint density at radius 3 is 2.56 bits per heavy atom. The van der Waals surface area contributed by atoms with Crippen LogP contribution >= 0.6 is 0 Å². The Bertz CT molecular complexity index is 440. The zero-order chi connectivity index (χ0) is 11.9. The molecule has 0 saturated carbocycles. The molecule has 1 aliphatic rings. The lowest BCUT2D eigenvalue weighted by molar-refractivity contribution is -0.119. The molecule has 1 heterocycles. The maximum Gasteiger partial charge on any atom is 0.249 e. The molecular formula is C13H18N2O. The standard InChI is InChI=1S/C13H18N2O/c1-5-15-12-7-9(3)8(2)6-11(12)14-10(4)13(15)16/h6-7,10,14H,5H2,1-4H3. The number of likely N-dealkylation sites (N-methyl/N-ethyl adjacent to an activating group) is 1. The number of hydrogen-bond donors (Lipinski definition) is 1. The maximum absolute atomic E-state index is 12.0. The SMILES string of the molecule is CCN1C(=O)C(C)Nc2cc(C)c(C)cc21. The molecule has 1 atom stereocenters. The topological polar surface area (TPSA) is 32.3 Å². The number of nitrogens with zero attached hydrogens (tertiary/aromatic N) is 1. The molecule has 0 aromatic heterocycles. The average molecular weight is 218 g/mol. The van der Waals surface area contributed by atoms with Crippen molar-refractivity contribution in [2.45, 2.75) is 33.7 Å². The molecule has 0 bridgehead atoms. The van der Waals surface area contributed by atoms with Gasteiger partial charge in [-0.1, -0.05) is 0 Å². The third-order valence-corrected chi connectivity index (χ3v) is 3.23. The molecular weight excluding hydrogens is 200 g/mol. The molecule has 1 N–H and O–H groups in total. The van der Waals surface area contributed by atoms with E-state index in [2.05, 4.69) is 31.3 Å². The fraction of sp³-hybridized carbons (Fsp3) is 0.462. The van der Waals surface area contributed by atoms with Crippen molar-refractivity contribution in [1.29, 1.82) is 0 Å². The van der Waals surface area contributed by atoms with E-state index < -0.39 is 0 Å². The predicted octanol–water partition coefficient (Wildman–Crippen LogP) is 2.47. The van der Waals surface area contributed by atoms with Gasteiger partial charge in [0.15, 0.2) is 0 Å². The van der Waals surface area contributed by atoms with Crippen LogP contribution in [0.1, 0.15) is 25.0 Å². The van der Waals surface area contributed by atoms with Crippen LogP contribution in [0, 0.1) is 13.8 Å². The van der Waals surface area contributed by atoms with E-state index in [1.807, 2.05) is 18.7 Å². The average Bonchev–Trinajstić information content (AvgIpc) is 2.24. The van der Waals surface area contributed by atoms with Crippen molar-refractivity contribution >= 4 is 17.3 Å². The summed E-state index contributed by atoms with van der Waals surface area (Å²) in [5.74, 6) is 0.151. The van der Waals surface area contributed by atoms with Gasteiger partial charge in [-0.2, -0.15) is 0 Å². The Balaban J connectivity index is 2.55. The van der Waals surface area contributed by atoms with Crippen LogP contribution in [-0.4, -0.2) is 18.5 Å². The molecule has 0 saturated heterocycles. The largest absolute Gasteiger partial charge is 0.372 e. The second kappa shape index (κ2) is 3.81. The number of carbonyl (C=O) groups excluding carboxylic acids is 1. The van der Waals surface area contributed by atoms with Crippen molar-refractivity contribution in [3.05, 3.63) is 23.3 Å². The molecule has 1 aromatic rings. The van der Waals surface area contributed by atoms with E-state index in [0.29, 0.717) is 0 Å². The molecule has 0 aliphatic carbocycles. The normalized spacial score (nSPS) is 19.4. The van der Waals surface area contributed by atoms with Gasteiger partial charge in [0.1, 0.15) is 6.04 Å². The molecule has 3 nitrogen and oxygen atoms in total. The molecule has 86 valence electrons. The first-order valence-electron chi connectivity index (χ1n) is 5.73. The van der Waals surface area contributed by atoms with Gasteiger partial charge in [-0.3, -0.25) is 4.79 Å². The van der Waals surface area contributed by atoms with Gasteiger partial charge in [-0.25, -0.2) is 0 Å². The van der Waals surface area contributed by atoms with Crippen LogP contribution < -0.4 is 10.2 Å². The predicted molar refractivity (Wildman–Crippen MR) is 67.0 cm³/mol. The molecule has 0 radical (unpaired) electrons. The minimum absolute atomic E-state index is 0.130. The molecule has 1 amide bonds. The summed E-state index contributed by atoms with van der Waals surface area (Å²) < 4.78 is 0. The Labute approximate surface area is 96.5 Å². The summed E-state index contributed by atoms with van der Waals surface area (Å²) in [6.07, 6.45) is 0. The highest BCUT2D eigenvalue weighted by molar-refractivity contribution is 6.04. The number of benzene rings is 1. The Hall–Kier alpha value is -1.51. The lowest BCUT2D eigenvalue weighted by atomic mass is 10.0. The second-order valence-electron chi connectivity index (χ2n) is 4.40. The summed E-state index contributed by atoms with van der Waals surface area (Å²) >= 11 is 0. The molecule has 0 fully saturated rings. The number of carbonyl (C=O) groups is 1. The van der Waals surface area contributed by atoms with Crippen molar-refractivity contribution in [2.24, 2.45) is 0 Å². The minimum Gasteiger partial charge on any atom is -0.372 e. The van der Waals surface area contributed by atoms with Gasteiger partial charge in [0.25, 0.3) is 0 Å². The van der Waals surface area contributed by atoms with E-state index in [9.17, 15) is 4.79 Å². The lowest BCUT2D eigenvalue weighted by Crippen LogP contribution is -2.45. The van der Waals surface area contributed by atoms with Crippen molar-refractivity contribution < 1.29 is 4.79 Å². The first kappa shape index (κ1) is 11.0. The van der Waals surface area contributed by atoms with Crippen LogP contribution in [-0.2, 0) is 4.79 Å². The van der Waals surface area contributed by atoms with Gasteiger partial charge in [-0.15, -0.1) is 0 Å². The van der Waals surface area contributed by atoms with E-state index >= 15 is 0 Å². The van der Waals surface area contributed by atoms with Crippen LogP contribution in [0.25, 0.3) is 0 Å². The Morgan fingerprint density at radius 2 is 1.94 bits per heavy atom. The highest BCUT2D eigenvalue weighted by atomic mass is 16.2. The summed E-state index contributed by atoms with van der Waals surface area (Å²) in [5, 5.41) is 3.25. The molecule has 1 unspecified atom stereocenters. The molecule has 2 rings (SSSR count). The summed E-state index contributed by atoms with van der Waals surface area (Å²) in [4.78, 5) is 13.8. The molecule has 16 heavy (non-hydrogen) atoms. The number of anilines is 2. The quantitative estimate of drug-likeness (QED) is 0.785. The minimum atomic E-state index is -0.130. The van der Waals surface area contributed by atoms with Crippen molar-refractivity contribution in [1.82, 2.24) is 0 Å². The fourth-order valence-electron chi connectivity index (χ4n) is 2.11. The Kier molecular flexibility index (Phi) is 2.62. The third-order valence-electron chi connectivity index (χ3n) is 3.23. The second-order valence-corrected chi connectivity index (χ2v) is 4.40. The van der Waals surface area contributed by atoms with E-state index in [4.69, 9.17) is 0 Å². The highest BCUT2D eigenvalue weighted by Crippen LogP contribution is 2.33. The zero-order valence-corrected chi connectivity index (χ0v) is 10.3. The van der Waals surface area contributed by atoms with Crippen molar-refractivity contribution in [3.8, 4) is 0 Å². The number of amides is 1. The number of rotatable bonds is 1. The van der Waals surface area contributed by atoms with Crippen molar-refractivity contribution in [3.63, 3.8) is 0 Å². The number of fused-ring (bicyclic) bond motifs is 1. The van der Waals surface area contributed by atoms with Crippen LogP contribution in [0.15, 0.2) is 12.1 Å². The third kappa shape index (κ3) is 1.56. The lowest BCUT2D eigenvalue weighted by Gasteiger charge is -2.33. The van der Waals surface area contributed by atoms with E-state index in [1.165, 1.54) is 11.1 Å². The van der Waals surface area contributed by atoms with Crippen molar-refractivity contribution in [2.75, 3.05) is 16.8 Å². The first-order chi connectivity index (χ1) is 7.54. The summed E-state index contributed by atoms with van der Waals surface area (Å²) in [7, 11) is 0. The first-order valence-corrected chi connectivity index (χ1v) is 5.73. The monoisotopic (exact) mass is 218 g/mol. The molecule has 3 heteroatoms. The van der Waals surface area contributed by atoms with Gasteiger partial charge < -0.3 is 10.2 Å². The van der Waals surface area contributed by atoms with Crippen LogP contribution in [0.2, 0.25) is 0 Å². The molecule has 1 aromatic carbocycles. The molecule has 1 aliphatic heterocycles. The van der Waals surface area contributed by atoms with E-state index in [1.54, 1.807) is 0 Å². The van der Waals surface area contributed by atoms with Gasteiger partial charge in [-0.05, 0) is 51.0 Å². The van der Waals surface area contributed by atoms with E-state index in [-0.39, 0.29) is 11.9 Å². The van der Waals surface area contributed by atoms with Gasteiger partial charge >= 0.3 is 0 Å². The van der Waals surface area contributed by atoms with Crippen LogP contribution in [0.4, 0.5) is 11.4 Å². The van der Waals surface area contributed by atoms with Crippen LogP contribution in [0.5, 0.6) is 0 Å². The summed E-state index contributed by atoms with van der Waals surface area (Å²) in [5.41, 5.74) is 4.55. The number of aryl methyl sites for hydroxylation is 2.